The van der Waals surface area contributed by atoms with Gasteiger partial charge in [-0.25, -0.2) is 4.79 Å². The number of alkyl halides is 1. The Bertz CT molecular complexity index is 505. The molecule has 2 aliphatic heterocycles. The van der Waals surface area contributed by atoms with Crippen molar-refractivity contribution in [3.63, 3.8) is 0 Å². The first-order valence-electron chi connectivity index (χ1n) is 6.39. The number of fused-ring (bicyclic) bond motifs is 2. The first kappa shape index (κ1) is 12.7. The van der Waals surface area contributed by atoms with E-state index >= 15 is 0 Å². The summed E-state index contributed by atoms with van der Waals surface area (Å²) >= 11 is 3.40. The van der Waals surface area contributed by atoms with Crippen LogP contribution >= 0.6 is 15.9 Å². The molecule has 2 bridgehead atoms. The molecule has 1 aromatic rings. The summed E-state index contributed by atoms with van der Waals surface area (Å²) in [5.74, 6) is 0.728. The molecule has 0 saturated carbocycles. The fraction of sp³-hybridized carbons (Fsp3) is 0.429. The summed E-state index contributed by atoms with van der Waals surface area (Å²) in [6, 6.07) is 8.95. The molecule has 1 amide bonds. The van der Waals surface area contributed by atoms with Crippen LogP contribution in [0.5, 0.6) is 5.75 Å². The van der Waals surface area contributed by atoms with E-state index < -0.39 is 0 Å². The molecule has 0 spiro atoms. The minimum atomic E-state index is -0.351. The number of hydrogen-bond acceptors (Lipinski definition) is 3. The minimum absolute atomic E-state index is 0.00233. The highest BCUT2D eigenvalue weighted by Gasteiger charge is 2.48. The second-order valence-corrected chi connectivity index (χ2v) is 5.95. The third-order valence-electron chi connectivity index (χ3n) is 3.79. The highest BCUT2D eigenvalue weighted by molar-refractivity contribution is 9.10. The molecule has 0 N–H and O–H groups in total. The van der Waals surface area contributed by atoms with Gasteiger partial charge in [0.2, 0.25) is 0 Å². The number of Topliss-reactive ketones (excluding diaryl/α,β-unsaturated/α-hetero) is 1. The van der Waals surface area contributed by atoms with Crippen molar-refractivity contribution in [2.24, 2.45) is 0 Å². The molecule has 5 heteroatoms. The molecule has 2 fully saturated rings. The number of rotatable bonds is 1. The Kier molecular flexibility index (Phi) is 3.31. The van der Waals surface area contributed by atoms with E-state index in [0.717, 1.165) is 12.8 Å². The molecule has 2 heterocycles. The predicted molar refractivity (Wildman–Crippen MR) is 73.5 cm³/mol. The van der Waals surface area contributed by atoms with E-state index in [4.69, 9.17) is 4.74 Å². The number of para-hydroxylation sites is 1. The monoisotopic (exact) mass is 323 g/mol. The van der Waals surface area contributed by atoms with Crippen LogP contribution in [0.15, 0.2) is 30.3 Å². The first-order chi connectivity index (χ1) is 9.16. The summed E-state index contributed by atoms with van der Waals surface area (Å²) in [6.07, 6.45) is 1.81. The van der Waals surface area contributed by atoms with E-state index in [9.17, 15) is 9.59 Å². The second kappa shape index (κ2) is 4.96. The van der Waals surface area contributed by atoms with E-state index in [1.54, 1.807) is 17.0 Å². The van der Waals surface area contributed by atoms with E-state index in [1.165, 1.54) is 0 Å². The Morgan fingerprint density at radius 1 is 1.26 bits per heavy atom. The average molecular weight is 324 g/mol. The summed E-state index contributed by atoms with van der Waals surface area (Å²) in [5, 5.41) is 0. The van der Waals surface area contributed by atoms with Gasteiger partial charge in [-0.05, 0) is 25.0 Å². The van der Waals surface area contributed by atoms with Crippen molar-refractivity contribution >= 4 is 27.8 Å². The molecule has 1 aromatic carbocycles. The van der Waals surface area contributed by atoms with Gasteiger partial charge in [-0.15, -0.1) is 0 Å². The lowest BCUT2D eigenvalue weighted by Crippen LogP contribution is -2.53. The molecule has 4 nitrogen and oxygen atoms in total. The molecule has 0 radical (unpaired) electrons. The predicted octanol–water partition coefficient (Wildman–Crippen LogP) is 2.75. The third kappa shape index (κ3) is 2.27. The fourth-order valence-electron chi connectivity index (χ4n) is 2.89. The summed E-state index contributed by atoms with van der Waals surface area (Å²) in [5.41, 5.74) is 0. The summed E-state index contributed by atoms with van der Waals surface area (Å²) in [6.45, 7) is 0. The largest absolute Gasteiger partial charge is 0.415 e. The van der Waals surface area contributed by atoms with Crippen LogP contribution in [0.3, 0.4) is 0 Å². The maximum absolute atomic E-state index is 12.3. The van der Waals surface area contributed by atoms with Gasteiger partial charge in [0.15, 0.2) is 5.78 Å². The SMILES string of the molecule is O=C1CC2CCC(C1Br)N2C(=O)Oc1ccccc1. The fourth-order valence-corrected chi connectivity index (χ4v) is 3.59. The smallest absolute Gasteiger partial charge is 0.410 e. The average Bonchev–Trinajstić information content (AvgIpc) is 2.76. The Morgan fingerprint density at radius 2 is 2.00 bits per heavy atom. The Morgan fingerprint density at radius 3 is 2.74 bits per heavy atom. The quantitative estimate of drug-likeness (QED) is 0.746. The summed E-state index contributed by atoms with van der Waals surface area (Å²) < 4.78 is 5.37. The van der Waals surface area contributed by atoms with Crippen LogP contribution in [-0.4, -0.2) is 33.7 Å². The normalized spacial score (nSPS) is 29.4. The Hall–Kier alpha value is -1.36. The van der Waals surface area contributed by atoms with Crippen LogP contribution < -0.4 is 4.74 Å². The van der Waals surface area contributed by atoms with Crippen molar-refractivity contribution in [2.45, 2.75) is 36.2 Å². The van der Waals surface area contributed by atoms with Gasteiger partial charge in [0.05, 0.1) is 10.9 Å². The number of benzene rings is 1. The molecular weight excluding hydrogens is 310 g/mol. The lowest BCUT2D eigenvalue weighted by molar-refractivity contribution is -0.122. The van der Waals surface area contributed by atoms with Gasteiger partial charge in [-0.1, -0.05) is 34.1 Å². The Labute approximate surface area is 119 Å². The number of halogens is 1. The molecular formula is C14H14BrNO3. The molecule has 3 atom stereocenters. The maximum Gasteiger partial charge on any atom is 0.415 e. The Balaban J connectivity index is 1.76. The van der Waals surface area contributed by atoms with Crippen LogP contribution in [0.4, 0.5) is 4.79 Å². The minimum Gasteiger partial charge on any atom is -0.410 e. The number of piperidine rings is 1. The number of nitrogens with zero attached hydrogens (tertiary/aromatic N) is 1. The topological polar surface area (TPSA) is 46.6 Å². The van der Waals surface area contributed by atoms with Crippen molar-refractivity contribution < 1.29 is 14.3 Å². The van der Waals surface area contributed by atoms with E-state index in [2.05, 4.69) is 15.9 Å². The van der Waals surface area contributed by atoms with Crippen LogP contribution in [0.1, 0.15) is 19.3 Å². The van der Waals surface area contributed by atoms with Gasteiger partial charge in [0, 0.05) is 12.5 Å². The van der Waals surface area contributed by atoms with Crippen molar-refractivity contribution in [2.75, 3.05) is 0 Å². The molecule has 2 saturated heterocycles. The van der Waals surface area contributed by atoms with Crippen molar-refractivity contribution in [3.05, 3.63) is 30.3 Å². The highest BCUT2D eigenvalue weighted by atomic mass is 79.9. The summed E-state index contributed by atoms with van der Waals surface area (Å²) in [4.78, 5) is 25.5. The number of carbonyl (C=O) groups excluding carboxylic acids is 2. The van der Waals surface area contributed by atoms with Crippen LogP contribution in [0.2, 0.25) is 0 Å². The highest BCUT2D eigenvalue weighted by Crippen LogP contribution is 2.37. The molecule has 19 heavy (non-hydrogen) atoms. The standard InChI is InChI=1S/C14H14BrNO3/c15-13-11-7-6-9(8-12(13)17)16(11)14(18)19-10-4-2-1-3-5-10/h1-5,9,11,13H,6-8H2. The van der Waals surface area contributed by atoms with Crippen LogP contribution in [-0.2, 0) is 4.79 Å². The molecule has 2 aliphatic rings. The van der Waals surface area contributed by atoms with Gasteiger partial charge in [0.25, 0.3) is 0 Å². The lowest BCUT2D eigenvalue weighted by Gasteiger charge is -2.35. The van der Waals surface area contributed by atoms with Crippen LogP contribution in [0, 0.1) is 0 Å². The van der Waals surface area contributed by atoms with Crippen molar-refractivity contribution in [3.8, 4) is 5.75 Å². The molecule has 0 aliphatic carbocycles. The zero-order valence-corrected chi connectivity index (χ0v) is 11.9. The number of ketones is 1. The van der Waals surface area contributed by atoms with E-state index in [1.807, 2.05) is 18.2 Å². The number of amides is 1. The van der Waals surface area contributed by atoms with Crippen molar-refractivity contribution in [1.82, 2.24) is 4.90 Å². The third-order valence-corrected chi connectivity index (χ3v) is 4.91. The first-order valence-corrected chi connectivity index (χ1v) is 7.30. The summed E-state index contributed by atoms with van der Waals surface area (Å²) in [7, 11) is 0. The van der Waals surface area contributed by atoms with Gasteiger partial charge >= 0.3 is 6.09 Å². The van der Waals surface area contributed by atoms with Crippen LogP contribution in [0.25, 0.3) is 0 Å². The number of ether oxygens (including phenoxy) is 1. The maximum atomic E-state index is 12.3. The van der Waals surface area contributed by atoms with E-state index in [0.29, 0.717) is 12.2 Å². The van der Waals surface area contributed by atoms with Gasteiger partial charge in [0.1, 0.15) is 5.75 Å². The zero-order chi connectivity index (χ0) is 13.4. The van der Waals surface area contributed by atoms with Gasteiger partial charge in [-0.3, -0.25) is 9.69 Å². The molecule has 100 valence electrons. The lowest BCUT2D eigenvalue weighted by atomic mass is 10.0. The number of hydrogen-bond donors (Lipinski definition) is 0. The number of carbonyl (C=O) groups is 2. The molecule has 0 aromatic heterocycles. The molecule has 3 rings (SSSR count). The second-order valence-electron chi connectivity index (χ2n) is 4.96. The van der Waals surface area contributed by atoms with Gasteiger partial charge in [-0.2, -0.15) is 0 Å². The van der Waals surface area contributed by atoms with Gasteiger partial charge < -0.3 is 4.74 Å². The van der Waals surface area contributed by atoms with Crippen molar-refractivity contribution in [1.29, 1.82) is 0 Å². The van der Waals surface area contributed by atoms with E-state index in [-0.39, 0.29) is 28.8 Å². The molecule has 3 unspecified atom stereocenters. The zero-order valence-electron chi connectivity index (χ0n) is 10.3.